The molecule has 1 amide bonds. The van der Waals surface area contributed by atoms with Crippen molar-refractivity contribution in [3.05, 3.63) is 17.5 Å². The fourth-order valence-electron chi connectivity index (χ4n) is 3.22. The third-order valence-electron chi connectivity index (χ3n) is 4.64. The molecule has 1 aromatic heterocycles. The van der Waals surface area contributed by atoms with Gasteiger partial charge in [0.2, 0.25) is 5.91 Å². The first kappa shape index (κ1) is 16.4. The molecule has 2 saturated heterocycles. The highest BCUT2D eigenvalue weighted by atomic mass is 16.5. The number of hydrogen-bond acceptors (Lipinski definition) is 6. The van der Waals surface area contributed by atoms with E-state index in [-0.39, 0.29) is 0 Å². The van der Waals surface area contributed by atoms with E-state index in [1.54, 1.807) is 0 Å². The van der Waals surface area contributed by atoms with Crippen LogP contribution in [0.4, 0.5) is 0 Å². The van der Waals surface area contributed by atoms with Crippen LogP contribution in [-0.2, 0) is 11.3 Å². The van der Waals surface area contributed by atoms with Crippen LogP contribution in [0.5, 0.6) is 0 Å². The van der Waals surface area contributed by atoms with E-state index in [2.05, 4.69) is 20.3 Å². The second-order valence-electron chi connectivity index (χ2n) is 6.43. The molecule has 0 atom stereocenters. The monoisotopic (exact) mass is 321 g/mol. The minimum Gasteiger partial charge on any atom is -0.361 e. The lowest BCUT2D eigenvalue weighted by atomic mass is 10.2. The summed E-state index contributed by atoms with van der Waals surface area (Å²) in [6.45, 7) is 11.3. The molecule has 7 nitrogen and oxygen atoms in total. The topological polar surface area (TPSA) is 64.8 Å². The Morgan fingerprint density at radius 2 is 1.87 bits per heavy atom. The Labute approximate surface area is 137 Å². The van der Waals surface area contributed by atoms with E-state index in [4.69, 9.17) is 4.52 Å². The molecule has 0 aromatic carbocycles. The van der Waals surface area contributed by atoms with Gasteiger partial charge in [-0.05, 0) is 6.92 Å². The van der Waals surface area contributed by atoms with Crippen molar-refractivity contribution in [2.45, 2.75) is 19.9 Å². The highest BCUT2D eigenvalue weighted by molar-refractivity contribution is 5.76. The van der Waals surface area contributed by atoms with Gasteiger partial charge in [0.25, 0.3) is 0 Å². The van der Waals surface area contributed by atoms with Crippen molar-refractivity contribution in [3.8, 4) is 0 Å². The van der Waals surface area contributed by atoms with Gasteiger partial charge in [-0.1, -0.05) is 5.16 Å². The van der Waals surface area contributed by atoms with Crippen molar-refractivity contribution in [2.24, 2.45) is 0 Å². The first-order valence-electron chi connectivity index (χ1n) is 8.56. The summed E-state index contributed by atoms with van der Waals surface area (Å²) in [6, 6.07) is 2.00. The van der Waals surface area contributed by atoms with E-state index < -0.39 is 0 Å². The van der Waals surface area contributed by atoms with Gasteiger partial charge >= 0.3 is 0 Å². The van der Waals surface area contributed by atoms with Crippen LogP contribution in [0.15, 0.2) is 10.6 Å². The number of nitrogens with zero attached hydrogens (tertiary/aromatic N) is 4. The second kappa shape index (κ2) is 7.90. The van der Waals surface area contributed by atoms with Crippen LogP contribution >= 0.6 is 0 Å². The van der Waals surface area contributed by atoms with Crippen molar-refractivity contribution in [2.75, 3.05) is 58.9 Å². The molecule has 7 heteroatoms. The van der Waals surface area contributed by atoms with Gasteiger partial charge in [0, 0.05) is 77.9 Å². The molecule has 2 aliphatic heterocycles. The molecule has 0 spiro atoms. The first-order chi connectivity index (χ1) is 11.2. The number of aromatic nitrogens is 1. The molecule has 0 saturated carbocycles. The van der Waals surface area contributed by atoms with Gasteiger partial charge in [-0.25, -0.2) is 0 Å². The molecule has 1 N–H and O–H groups in total. The Balaban J connectivity index is 1.35. The standard InChI is InChI=1S/C16H27N5O2/c1-14-12-15(18-23-14)13-20-10-8-19(9-11-20)5-2-16(22)21-6-3-17-4-7-21/h12,17H,2-11,13H2,1H3. The number of hydrogen-bond donors (Lipinski definition) is 1. The van der Waals surface area contributed by atoms with Crippen LogP contribution in [-0.4, -0.2) is 84.7 Å². The normalized spacial score (nSPS) is 20.8. The molecule has 3 heterocycles. The van der Waals surface area contributed by atoms with Crippen LogP contribution < -0.4 is 5.32 Å². The number of carbonyl (C=O) groups is 1. The largest absolute Gasteiger partial charge is 0.361 e. The summed E-state index contributed by atoms with van der Waals surface area (Å²) in [6.07, 6.45) is 0.641. The van der Waals surface area contributed by atoms with Gasteiger partial charge < -0.3 is 19.6 Å². The van der Waals surface area contributed by atoms with Crippen LogP contribution in [0.25, 0.3) is 0 Å². The third-order valence-corrected chi connectivity index (χ3v) is 4.64. The zero-order valence-corrected chi connectivity index (χ0v) is 14.0. The van der Waals surface area contributed by atoms with Crippen LogP contribution in [0.1, 0.15) is 17.9 Å². The SMILES string of the molecule is Cc1cc(CN2CCN(CCC(=O)N3CCNCC3)CC2)no1. The molecular formula is C16H27N5O2. The van der Waals surface area contributed by atoms with E-state index in [1.807, 2.05) is 17.9 Å². The minimum atomic E-state index is 0.298. The van der Waals surface area contributed by atoms with Crippen LogP contribution in [0, 0.1) is 6.92 Å². The fourth-order valence-corrected chi connectivity index (χ4v) is 3.22. The maximum absolute atomic E-state index is 12.2. The van der Waals surface area contributed by atoms with Crippen molar-refractivity contribution >= 4 is 5.91 Å². The maximum Gasteiger partial charge on any atom is 0.223 e. The van der Waals surface area contributed by atoms with Gasteiger partial charge in [-0.15, -0.1) is 0 Å². The van der Waals surface area contributed by atoms with E-state index in [1.165, 1.54) is 0 Å². The number of rotatable bonds is 5. The molecule has 3 rings (SSSR count). The van der Waals surface area contributed by atoms with Gasteiger partial charge in [0.05, 0.1) is 5.69 Å². The summed E-state index contributed by atoms with van der Waals surface area (Å²) in [4.78, 5) is 19.0. The number of nitrogens with one attached hydrogen (secondary N) is 1. The zero-order valence-electron chi connectivity index (χ0n) is 14.0. The molecule has 2 fully saturated rings. The Morgan fingerprint density at radius 3 is 2.52 bits per heavy atom. The molecule has 1 aromatic rings. The van der Waals surface area contributed by atoms with Crippen molar-refractivity contribution in [3.63, 3.8) is 0 Å². The minimum absolute atomic E-state index is 0.298. The van der Waals surface area contributed by atoms with Crippen LogP contribution in [0.3, 0.4) is 0 Å². The van der Waals surface area contributed by atoms with E-state index >= 15 is 0 Å². The lowest BCUT2D eigenvalue weighted by Gasteiger charge is -2.34. The van der Waals surface area contributed by atoms with E-state index in [0.717, 1.165) is 76.9 Å². The summed E-state index contributed by atoms with van der Waals surface area (Å²) >= 11 is 0. The van der Waals surface area contributed by atoms with Crippen molar-refractivity contribution in [1.82, 2.24) is 25.2 Å². The quantitative estimate of drug-likeness (QED) is 0.819. The van der Waals surface area contributed by atoms with Gasteiger partial charge in [-0.3, -0.25) is 9.69 Å². The molecule has 23 heavy (non-hydrogen) atoms. The Kier molecular flexibility index (Phi) is 5.64. The summed E-state index contributed by atoms with van der Waals surface area (Å²) in [7, 11) is 0. The lowest BCUT2D eigenvalue weighted by molar-refractivity contribution is -0.132. The predicted molar refractivity (Wildman–Crippen MR) is 87.0 cm³/mol. The number of amides is 1. The maximum atomic E-state index is 12.2. The Morgan fingerprint density at radius 1 is 1.17 bits per heavy atom. The second-order valence-corrected chi connectivity index (χ2v) is 6.43. The molecule has 128 valence electrons. The molecular weight excluding hydrogens is 294 g/mol. The zero-order chi connectivity index (χ0) is 16.1. The van der Waals surface area contributed by atoms with Gasteiger partial charge in [-0.2, -0.15) is 0 Å². The Hall–Kier alpha value is -1.44. The average Bonchev–Trinajstić information content (AvgIpc) is 2.99. The van der Waals surface area contributed by atoms with Gasteiger partial charge in [0.1, 0.15) is 5.76 Å². The molecule has 0 bridgehead atoms. The molecule has 0 radical (unpaired) electrons. The van der Waals surface area contributed by atoms with Crippen LogP contribution in [0.2, 0.25) is 0 Å². The summed E-state index contributed by atoms with van der Waals surface area (Å²) in [5, 5.41) is 7.33. The fraction of sp³-hybridized carbons (Fsp3) is 0.750. The number of carbonyl (C=O) groups excluding carboxylic acids is 1. The molecule has 2 aliphatic rings. The molecule has 0 aliphatic carbocycles. The summed E-state index contributed by atoms with van der Waals surface area (Å²) < 4.78 is 5.12. The number of aryl methyl sites for hydroxylation is 1. The van der Waals surface area contributed by atoms with Crippen molar-refractivity contribution < 1.29 is 9.32 Å². The lowest BCUT2D eigenvalue weighted by Crippen LogP contribution is -2.49. The smallest absolute Gasteiger partial charge is 0.223 e. The van der Waals surface area contributed by atoms with E-state index in [0.29, 0.717) is 12.3 Å². The van der Waals surface area contributed by atoms with Crippen molar-refractivity contribution in [1.29, 1.82) is 0 Å². The highest BCUT2D eigenvalue weighted by Gasteiger charge is 2.20. The van der Waals surface area contributed by atoms with E-state index in [9.17, 15) is 4.79 Å². The average molecular weight is 321 g/mol. The Bertz CT molecular complexity index is 504. The number of piperazine rings is 2. The summed E-state index contributed by atoms with van der Waals surface area (Å²) in [5.41, 5.74) is 1.00. The summed E-state index contributed by atoms with van der Waals surface area (Å²) in [5.74, 6) is 1.16. The third kappa shape index (κ3) is 4.76. The van der Waals surface area contributed by atoms with Gasteiger partial charge in [0.15, 0.2) is 0 Å². The molecule has 0 unspecified atom stereocenters. The highest BCUT2D eigenvalue weighted by Crippen LogP contribution is 2.09. The predicted octanol–water partition coefficient (Wildman–Crippen LogP) is -0.0775. The first-order valence-corrected chi connectivity index (χ1v) is 8.56.